The summed E-state index contributed by atoms with van der Waals surface area (Å²) >= 11 is 0. The van der Waals surface area contributed by atoms with Crippen LogP contribution in [0.2, 0.25) is 0 Å². The van der Waals surface area contributed by atoms with Gasteiger partial charge in [-0.05, 0) is 55.2 Å². The number of nitrogens with one attached hydrogen (secondary N) is 1. The largest absolute Gasteiger partial charge is 0.493 e. The standard InChI is InChI=1S/C24H30N2O5/c1-5-31-24(28)14-20-18-13-22(30-4)21(29-3)12-17(18)10-11-26(20)15-23(27)25-19-9-7-6-8-16(19)2/h6-9,12-13,20H,5,10-11,14-15H2,1-4H3,(H,25,27)/t20-/m1/s1. The van der Waals surface area contributed by atoms with Crippen LogP contribution in [0.3, 0.4) is 0 Å². The average molecular weight is 427 g/mol. The molecule has 2 aromatic rings. The van der Waals surface area contributed by atoms with E-state index in [4.69, 9.17) is 14.2 Å². The van der Waals surface area contributed by atoms with Crippen molar-refractivity contribution in [1.29, 1.82) is 0 Å². The van der Waals surface area contributed by atoms with E-state index in [-0.39, 0.29) is 30.9 Å². The molecule has 0 aromatic heterocycles. The van der Waals surface area contributed by atoms with Gasteiger partial charge in [-0.3, -0.25) is 14.5 Å². The minimum atomic E-state index is -0.292. The average Bonchev–Trinajstić information content (AvgIpc) is 2.76. The maximum absolute atomic E-state index is 12.8. The molecule has 1 amide bonds. The van der Waals surface area contributed by atoms with Gasteiger partial charge in [-0.25, -0.2) is 0 Å². The zero-order chi connectivity index (χ0) is 22.4. The lowest BCUT2D eigenvalue weighted by Gasteiger charge is -2.37. The molecular formula is C24H30N2O5. The molecule has 31 heavy (non-hydrogen) atoms. The Balaban J connectivity index is 1.86. The van der Waals surface area contributed by atoms with E-state index in [9.17, 15) is 9.59 Å². The van der Waals surface area contributed by atoms with Gasteiger partial charge in [0.15, 0.2) is 11.5 Å². The van der Waals surface area contributed by atoms with Crippen molar-refractivity contribution in [2.24, 2.45) is 0 Å². The van der Waals surface area contributed by atoms with Crippen molar-refractivity contribution in [3.8, 4) is 11.5 Å². The summed E-state index contributed by atoms with van der Waals surface area (Å²) in [4.78, 5) is 27.2. The molecule has 3 rings (SSSR count). The third kappa shape index (κ3) is 5.35. The number of para-hydroxylation sites is 1. The summed E-state index contributed by atoms with van der Waals surface area (Å²) in [5.74, 6) is 0.842. The second-order valence-electron chi connectivity index (χ2n) is 7.51. The van der Waals surface area contributed by atoms with E-state index in [1.165, 1.54) is 0 Å². The first-order chi connectivity index (χ1) is 15.0. The molecule has 166 valence electrons. The highest BCUT2D eigenvalue weighted by atomic mass is 16.5. The molecule has 0 saturated carbocycles. The van der Waals surface area contributed by atoms with Crippen LogP contribution in [0.4, 0.5) is 5.69 Å². The van der Waals surface area contributed by atoms with E-state index >= 15 is 0 Å². The number of amides is 1. The number of rotatable bonds is 8. The van der Waals surface area contributed by atoms with Crippen molar-refractivity contribution in [2.45, 2.75) is 32.7 Å². The van der Waals surface area contributed by atoms with E-state index in [1.54, 1.807) is 21.1 Å². The fraction of sp³-hybridized carbons (Fsp3) is 0.417. The topological polar surface area (TPSA) is 77.1 Å². The molecule has 1 N–H and O–H groups in total. The molecule has 0 radical (unpaired) electrons. The van der Waals surface area contributed by atoms with Gasteiger partial charge in [0.05, 0.1) is 33.8 Å². The molecule has 0 saturated heterocycles. The summed E-state index contributed by atoms with van der Waals surface area (Å²) in [6.45, 7) is 4.88. The molecule has 2 aromatic carbocycles. The number of hydrogen-bond donors (Lipinski definition) is 1. The molecule has 1 atom stereocenters. The molecule has 7 heteroatoms. The van der Waals surface area contributed by atoms with Crippen LogP contribution in [0.5, 0.6) is 11.5 Å². The maximum atomic E-state index is 12.8. The number of carbonyl (C=O) groups excluding carboxylic acids is 2. The van der Waals surface area contributed by atoms with Gasteiger partial charge in [0.2, 0.25) is 5.91 Å². The highest BCUT2D eigenvalue weighted by molar-refractivity contribution is 5.93. The van der Waals surface area contributed by atoms with Crippen LogP contribution >= 0.6 is 0 Å². The minimum absolute atomic E-state index is 0.118. The summed E-state index contributed by atoms with van der Waals surface area (Å²) in [5, 5.41) is 2.98. The van der Waals surface area contributed by atoms with Crippen LogP contribution in [0, 0.1) is 6.92 Å². The molecule has 1 aliphatic rings. The second kappa shape index (κ2) is 10.3. The first kappa shape index (κ1) is 22.6. The molecule has 0 aliphatic carbocycles. The Morgan fingerprint density at radius 2 is 1.84 bits per heavy atom. The van der Waals surface area contributed by atoms with Gasteiger partial charge in [-0.15, -0.1) is 0 Å². The monoisotopic (exact) mass is 426 g/mol. The lowest BCUT2D eigenvalue weighted by molar-refractivity contribution is -0.145. The molecule has 1 aliphatic heterocycles. The van der Waals surface area contributed by atoms with Crippen molar-refractivity contribution in [3.05, 3.63) is 53.1 Å². The molecule has 1 heterocycles. The molecule has 0 bridgehead atoms. The van der Waals surface area contributed by atoms with E-state index in [2.05, 4.69) is 5.32 Å². The Morgan fingerprint density at radius 3 is 2.52 bits per heavy atom. The Labute approximate surface area is 183 Å². The first-order valence-electron chi connectivity index (χ1n) is 10.5. The summed E-state index contributed by atoms with van der Waals surface area (Å²) in [5.41, 5.74) is 3.83. The van der Waals surface area contributed by atoms with Gasteiger partial charge < -0.3 is 19.5 Å². The Kier molecular flexibility index (Phi) is 7.52. The number of carbonyl (C=O) groups is 2. The van der Waals surface area contributed by atoms with Crippen molar-refractivity contribution in [1.82, 2.24) is 4.90 Å². The second-order valence-corrected chi connectivity index (χ2v) is 7.51. The van der Waals surface area contributed by atoms with Gasteiger partial charge in [-0.1, -0.05) is 18.2 Å². The SMILES string of the molecule is CCOC(=O)C[C@@H]1c2cc(OC)c(OC)cc2CCN1CC(=O)Nc1ccccc1C. The van der Waals surface area contributed by atoms with Crippen molar-refractivity contribution in [2.75, 3.05) is 39.2 Å². The normalized spacial score (nSPS) is 15.7. The van der Waals surface area contributed by atoms with Gasteiger partial charge in [0, 0.05) is 18.3 Å². The summed E-state index contributed by atoms with van der Waals surface area (Å²) in [6, 6.07) is 11.2. The number of methoxy groups -OCH3 is 2. The molecule has 0 unspecified atom stereocenters. The summed E-state index contributed by atoms with van der Waals surface area (Å²) < 4.78 is 16.1. The van der Waals surface area contributed by atoms with E-state index in [0.29, 0.717) is 24.7 Å². The van der Waals surface area contributed by atoms with Gasteiger partial charge in [0.25, 0.3) is 0 Å². The van der Waals surface area contributed by atoms with Gasteiger partial charge in [0.1, 0.15) is 0 Å². The van der Waals surface area contributed by atoms with Crippen LogP contribution in [-0.2, 0) is 20.7 Å². The van der Waals surface area contributed by atoms with Crippen LogP contribution in [0.25, 0.3) is 0 Å². The van der Waals surface area contributed by atoms with E-state index in [0.717, 1.165) is 28.8 Å². The fourth-order valence-electron chi connectivity index (χ4n) is 3.97. The van der Waals surface area contributed by atoms with E-state index < -0.39 is 0 Å². The Hall–Kier alpha value is -3.06. The van der Waals surface area contributed by atoms with Crippen LogP contribution in [0.1, 0.15) is 36.1 Å². The number of hydrogen-bond acceptors (Lipinski definition) is 6. The highest BCUT2D eigenvalue weighted by Crippen LogP contribution is 2.39. The zero-order valence-corrected chi connectivity index (χ0v) is 18.6. The van der Waals surface area contributed by atoms with Crippen molar-refractivity contribution in [3.63, 3.8) is 0 Å². The molecular weight excluding hydrogens is 396 g/mol. The van der Waals surface area contributed by atoms with Crippen molar-refractivity contribution < 1.29 is 23.8 Å². The number of ether oxygens (including phenoxy) is 3. The third-order valence-electron chi connectivity index (χ3n) is 5.54. The first-order valence-corrected chi connectivity index (χ1v) is 10.5. The van der Waals surface area contributed by atoms with Crippen molar-refractivity contribution >= 4 is 17.6 Å². The third-order valence-corrected chi connectivity index (χ3v) is 5.54. The number of benzene rings is 2. The minimum Gasteiger partial charge on any atom is -0.493 e. The predicted octanol–water partition coefficient (Wildman–Crippen LogP) is 3.50. The number of fused-ring (bicyclic) bond motifs is 1. The molecule has 0 spiro atoms. The summed E-state index contributed by atoms with van der Waals surface area (Å²) in [7, 11) is 3.19. The van der Waals surface area contributed by atoms with Gasteiger partial charge >= 0.3 is 5.97 Å². The van der Waals surface area contributed by atoms with Gasteiger partial charge in [-0.2, -0.15) is 0 Å². The zero-order valence-electron chi connectivity index (χ0n) is 18.6. The molecule has 0 fully saturated rings. The number of esters is 1. The quantitative estimate of drug-likeness (QED) is 0.651. The van der Waals surface area contributed by atoms with E-state index in [1.807, 2.05) is 48.2 Å². The predicted molar refractivity (Wildman–Crippen MR) is 119 cm³/mol. The van der Waals surface area contributed by atoms with Crippen LogP contribution in [-0.4, -0.2) is 50.7 Å². The lowest BCUT2D eigenvalue weighted by atomic mass is 9.90. The fourth-order valence-corrected chi connectivity index (χ4v) is 3.97. The summed E-state index contributed by atoms with van der Waals surface area (Å²) in [6.07, 6.45) is 0.903. The smallest absolute Gasteiger partial charge is 0.307 e. The molecule has 7 nitrogen and oxygen atoms in total. The Morgan fingerprint density at radius 1 is 1.13 bits per heavy atom. The van der Waals surface area contributed by atoms with Crippen LogP contribution in [0.15, 0.2) is 36.4 Å². The van der Waals surface area contributed by atoms with Crippen LogP contribution < -0.4 is 14.8 Å². The maximum Gasteiger partial charge on any atom is 0.307 e. The lowest BCUT2D eigenvalue weighted by Crippen LogP contribution is -2.41. The highest BCUT2D eigenvalue weighted by Gasteiger charge is 2.32. The Bertz CT molecular complexity index is 944. The number of nitrogens with zero attached hydrogens (tertiary/aromatic N) is 1. The number of anilines is 1. The number of aryl methyl sites for hydroxylation is 1.